The summed E-state index contributed by atoms with van der Waals surface area (Å²) in [4.78, 5) is 14.0. The molecule has 2 N–H and O–H groups in total. The van der Waals surface area contributed by atoms with Crippen molar-refractivity contribution in [3.63, 3.8) is 0 Å². The first kappa shape index (κ1) is 22.0. The van der Waals surface area contributed by atoms with Crippen molar-refractivity contribution in [1.82, 2.24) is 15.5 Å². The van der Waals surface area contributed by atoms with Gasteiger partial charge in [-0.2, -0.15) is 0 Å². The Kier molecular flexibility index (Phi) is 11.0. The van der Waals surface area contributed by atoms with Gasteiger partial charge < -0.3 is 20.3 Å². The molecule has 2 rings (SSSR count). The number of likely N-dealkylation sites (N-methyl/N-ethyl adjacent to an activating group) is 1. The standard InChI is InChI=1S/C16H25N3O2.2ClH/c1-19(2)8-9-21-15-5-3-4-13(10-15)11-18-16(20)14-6-7-17-12-14;;/h3-5,10,14,17H,6-9,11-12H2,1-2H3,(H,18,20);2*1H. The molecule has 5 nitrogen and oxygen atoms in total. The van der Waals surface area contributed by atoms with E-state index in [4.69, 9.17) is 4.74 Å². The number of benzene rings is 1. The zero-order valence-corrected chi connectivity index (χ0v) is 15.3. The Hall–Kier alpha value is -1.01. The van der Waals surface area contributed by atoms with Crippen LogP contribution in [0.4, 0.5) is 0 Å². The van der Waals surface area contributed by atoms with Crippen LogP contribution in [0, 0.1) is 5.92 Å². The lowest BCUT2D eigenvalue weighted by molar-refractivity contribution is -0.124. The average molecular weight is 364 g/mol. The van der Waals surface area contributed by atoms with Gasteiger partial charge in [0.25, 0.3) is 0 Å². The summed E-state index contributed by atoms with van der Waals surface area (Å²) < 4.78 is 5.70. The normalized spacial score (nSPS) is 16.4. The van der Waals surface area contributed by atoms with E-state index < -0.39 is 0 Å². The molecule has 0 spiro atoms. The minimum Gasteiger partial charge on any atom is -0.492 e. The van der Waals surface area contributed by atoms with Crippen LogP contribution in [0.5, 0.6) is 5.75 Å². The number of carbonyl (C=O) groups excluding carboxylic acids is 1. The van der Waals surface area contributed by atoms with Crippen LogP contribution in [0.15, 0.2) is 24.3 Å². The van der Waals surface area contributed by atoms with E-state index in [-0.39, 0.29) is 36.6 Å². The molecule has 132 valence electrons. The molecule has 1 heterocycles. The lowest BCUT2D eigenvalue weighted by Gasteiger charge is -2.13. The van der Waals surface area contributed by atoms with Crippen LogP contribution >= 0.6 is 24.8 Å². The van der Waals surface area contributed by atoms with Gasteiger partial charge in [-0.1, -0.05) is 12.1 Å². The lowest BCUT2D eigenvalue weighted by Crippen LogP contribution is -2.31. The fourth-order valence-electron chi connectivity index (χ4n) is 2.30. The van der Waals surface area contributed by atoms with E-state index in [0.717, 1.165) is 37.4 Å². The first-order valence-electron chi connectivity index (χ1n) is 7.50. The second kappa shape index (κ2) is 11.5. The molecular formula is C16H27Cl2N3O2. The molecule has 1 aliphatic rings. The van der Waals surface area contributed by atoms with Gasteiger partial charge in [-0.3, -0.25) is 4.79 Å². The summed E-state index contributed by atoms with van der Waals surface area (Å²) in [6.07, 6.45) is 0.930. The first-order chi connectivity index (χ1) is 10.1. The third-order valence-electron chi connectivity index (χ3n) is 3.60. The SMILES string of the molecule is CN(C)CCOc1cccc(CNC(=O)C2CCNC2)c1.Cl.Cl. The summed E-state index contributed by atoms with van der Waals surface area (Å²) in [6, 6.07) is 7.90. The second-order valence-corrected chi connectivity index (χ2v) is 5.71. The van der Waals surface area contributed by atoms with Crippen LogP contribution in [-0.2, 0) is 11.3 Å². The molecule has 7 heteroatoms. The zero-order chi connectivity index (χ0) is 15.1. The summed E-state index contributed by atoms with van der Waals surface area (Å²) >= 11 is 0. The van der Waals surface area contributed by atoms with E-state index in [1.165, 1.54) is 0 Å². The van der Waals surface area contributed by atoms with Gasteiger partial charge in [0.05, 0.1) is 5.92 Å². The third-order valence-corrected chi connectivity index (χ3v) is 3.60. The molecule has 1 saturated heterocycles. The molecule has 1 aliphatic heterocycles. The van der Waals surface area contributed by atoms with E-state index in [1.807, 2.05) is 38.4 Å². The summed E-state index contributed by atoms with van der Waals surface area (Å²) in [7, 11) is 4.04. The maximum Gasteiger partial charge on any atom is 0.224 e. The Bertz CT molecular complexity index is 466. The molecule has 1 aromatic carbocycles. The van der Waals surface area contributed by atoms with Crippen molar-refractivity contribution >= 4 is 30.7 Å². The summed E-state index contributed by atoms with van der Waals surface area (Å²) in [6.45, 7) is 3.83. The number of amides is 1. The minimum atomic E-state index is 0. The van der Waals surface area contributed by atoms with Crippen LogP contribution in [-0.4, -0.2) is 51.1 Å². The van der Waals surface area contributed by atoms with Gasteiger partial charge >= 0.3 is 0 Å². The Morgan fingerprint density at radius 3 is 2.83 bits per heavy atom. The number of carbonyl (C=O) groups is 1. The van der Waals surface area contributed by atoms with Gasteiger partial charge in [-0.05, 0) is 44.8 Å². The third kappa shape index (κ3) is 7.88. The highest BCUT2D eigenvalue weighted by Crippen LogP contribution is 2.14. The number of halogens is 2. The fraction of sp³-hybridized carbons (Fsp3) is 0.562. The first-order valence-corrected chi connectivity index (χ1v) is 7.50. The van der Waals surface area contributed by atoms with E-state index in [0.29, 0.717) is 13.2 Å². The molecule has 0 saturated carbocycles. The highest BCUT2D eigenvalue weighted by atomic mass is 35.5. The zero-order valence-electron chi connectivity index (χ0n) is 13.7. The predicted molar refractivity (Wildman–Crippen MR) is 97.8 cm³/mol. The largest absolute Gasteiger partial charge is 0.492 e. The molecule has 1 atom stereocenters. The number of hydrogen-bond donors (Lipinski definition) is 2. The molecule has 1 unspecified atom stereocenters. The van der Waals surface area contributed by atoms with Crippen molar-refractivity contribution in [2.45, 2.75) is 13.0 Å². The van der Waals surface area contributed by atoms with Crippen molar-refractivity contribution < 1.29 is 9.53 Å². The molecule has 1 aromatic rings. The van der Waals surface area contributed by atoms with Crippen molar-refractivity contribution in [3.8, 4) is 5.75 Å². The molecule has 1 amide bonds. The van der Waals surface area contributed by atoms with Crippen molar-refractivity contribution in [2.24, 2.45) is 5.92 Å². The van der Waals surface area contributed by atoms with E-state index in [9.17, 15) is 4.79 Å². The van der Waals surface area contributed by atoms with Gasteiger partial charge in [0.15, 0.2) is 0 Å². The maximum absolute atomic E-state index is 12.0. The quantitative estimate of drug-likeness (QED) is 0.773. The van der Waals surface area contributed by atoms with Gasteiger partial charge in [0.1, 0.15) is 12.4 Å². The summed E-state index contributed by atoms with van der Waals surface area (Å²) in [5, 5.41) is 6.21. The predicted octanol–water partition coefficient (Wildman–Crippen LogP) is 1.70. The monoisotopic (exact) mass is 363 g/mol. The number of nitrogens with zero attached hydrogens (tertiary/aromatic N) is 1. The van der Waals surface area contributed by atoms with Crippen LogP contribution < -0.4 is 15.4 Å². The number of nitrogens with one attached hydrogen (secondary N) is 2. The molecule has 0 aliphatic carbocycles. The minimum absolute atomic E-state index is 0. The summed E-state index contributed by atoms with van der Waals surface area (Å²) in [5.41, 5.74) is 1.07. The fourth-order valence-corrected chi connectivity index (χ4v) is 2.30. The van der Waals surface area contributed by atoms with E-state index in [1.54, 1.807) is 0 Å². The number of hydrogen-bond acceptors (Lipinski definition) is 4. The van der Waals surface area contributed by atoms with Gasteiger partial charge in [0.2, 0.25) is 5.91 Å². The van der Waals surface area contributed by atoms with Gasteiger partial charge in [0, 0.05) is 19.6 Å². The number of ether oxygens (including phenoxy) is 1. The van der Waals surface area contributed by atoms with E-state index in [2.05, 4.69) is 15.5 Å². The van der Waals surface area contributed by atoms with Crippen LogP contribution in [0.1, 0.15) is 12.0 Å². The maximum atomic E-state index is 12.0. The van der Waals surface area contributed by atoms with Crippen molar-refractivity contribution in [3.05, 3.63) is 29.8 Å². The molecule has 1 fully saturated rings. The van der Waals surface area contributed by atoms with Crippen molar-refractivity contribution in [2.75, 3.05) is 40.3 Å². The molecule has 23 heavy (non-hydrogen) atoms. The Balaban J connectivity index is 0.00000242. The Morgan fingerprint density at radius 1 is 1.39 bits per heavy atom. The highest BCUT2D eigenvalue weighted by molar-refractivity contribution is 5.85. The molecule has 0 bridgehead atoms. The topological polar surface area (TPSA) is 53.6 Å². The van der Waals surface area contributed by atoms with Crippen LogP contribution in [0.25, 0.3) is 0 Å². The second-order valence-electron chi connectivity index (χ2n) is 5.71. The van der Waals surface area contributed by atoms with Crippen LogP contribution in [0.3, 0.4) is 0 Å². The smallest absolute Gasteiger partial charge is 0.224 e. The number of rotatable bonds is 7. The molecular weight excluding hydrogens is 337 g/mol. The molecule has 0 radical (unpaired) electrons. The Labute approximate surface area is 151 Å². The van der Waals surface area contributed by atoms with E-state index >= 15 is 0 Å². The summed E-state index contributed by atoms with van der Waals surface area (Å²) in [5.74, 6) is 1.11. The Morgan fingerprint density at radius 2 is 2.17 bits per heavy atom. The van der Waals surface area contributed by atoms with Crippen molar-refractivity contribution in [1.29, 1.82) is 0 Å². The van der Waals surface area contributed by atoms with Crippen LogP contribution in [0.2, 0.25) is 0 Å². The van der Waals surface area contributed by atoms with Gasteiger partial charge in [-0.15, -0.1) is 24.8 Å². The van der Waals surface area contributed by atoms with Gasteiger partial charge in [-0.25, -0.2) is 0 Å². The lowest BCUT2D eigenvalue weighted by atomic mass is 10.1. The highest BCUT2D eigenvalue weighted by Gasteiger charge is 2.21. The average Bonchev–Trinajstić information content (AvgIpc) is 2.99. The molecule has 0 aromatic heterocycles.